The maximum atomic E-state index is 11.6. The summed E-state index contributed by atoms with van der Waals surface area (Å²) in [4.78, 5) is 11.6. The third-order valence-electron chi connectivity index (χ3n) is 2.65. The molecule has 0 saturated carbocycles. The van der Waals surface area contributed by atoms with E-state index in [2.05, 4.69) is 5.32 Å². The van der Waals surface area contributed by atoms with E-state index in [0.29, 0.717) is 6.54 Å². The fraction of sp³-hybridized carbons (Fsp3) is 0.545. The van der Waals surface area contributed by atoms with Gasteiger partial charge in [0.25, 0.3) is 0 Å². The number of carbonyl (C=O) groups is 1. The Hall–Kier alpha value is -0.920. The molecule has 1 unspecified atom stereocenters. The molecule has 18 heavy (non-hydrogen) atoms. The van der Waals surface area contributed by atoms with Gasteiger partial charge < -0.3 is 5.32 Å². The highest BCUT2D eigenvalue weighted by molar-refractivity contribution is 7.88. The molecule has 0 aliphatic carbocycles. The van der Waals surface area contributed by atoms with E-state index in [0.717, 1.165) is 10.6 Å². The van der Waals surface area contributed by atoms with Gasteiger partial charge in [-0.2, -0.15) is 15.6 Å². The molecular weight excluding hydrogens is 272 g/mol. The van der Waals surface area contributed by atoms with E-state index in [1.165, 1.54) is 12.6 Å². The molecule has 0 aliphatic rings. The van der Waals surface area contributed by atoms with E-state index >= 15 is 0 Å². The number of rotatable bonds is 6. The maximum absolute atomic E-state index is 11.6. The van der Waals surface area contributed by atoms with E-state index in [4.69, 9.17) is 0 Å². The number of likely N-dealkylation sites (N-methyl/N-ethyl adjacent to an activating group) is 1. The van der Waals surface area contributed by atoms with Gasteiger partial charge in [-0.1, -0.05) is 6.92 Å². The Bertz CT molecular complexity index is 482. The van der Waals surface area contributed by atoms with E-state index < -0.39 is 10.0 Å². The molecule has 1 atom stereocenters. The second-order valence-electron chi connectivity index (χ2n) is 4.28. The molecule has 0 spiro atoms. The number of sulfonamides is 1. The van der Waals surface area contributed by atoms with Crippen molar-refractivity contribution in [1.82, 2.24) is 9.62 Å². The zero-order chi connectivity index (χ0) is 13.8. The second kappa shape index (κ2) is 6.31. The molecule has 1 amide bonds. The number of thiophene rings is 1. The molecule has 0 bridgehead atoms. The third kappa shape index (κ3) is 4.75. The van der Waals surface area contributed by atoms with Crippen molar-refractivity contribution in [1.29, 1.82) is 0 Å². The van der Waals surface area contributed by atoms with Crippen LogP contribution in [0.1, 0.15) is 18.4 Å². The van der Waals surface area contributed by atoms with Gasteiger partial charge in [0.2, 0.25) is 15.9 Å². The topological polar surface area (TPSA) is 66.5 Å². The summed E-state index contributed by atoms with van der Waals surface area (Å²) in [5.41, 5.74) is 1.18. The fourth-order valence-electron chi connectivity index (χ4n) is 1.32. The van der Waals surface area contributed by atoms with Crippen LogP contribution in [0.4, 0.5) is 0 Å². The molecule has 1 heterocycles. The van der Waals surface area contributed by atoms with Gasteiger partial charge in [0.15, 0.2) is 0 Å². The highest BCUT2D eigenvalue weighted by Gasteiger charge is 2.15. The largest absolute Gasteiger partial charge is 0.354 e. The molecule has 0 radical (unpaired) electrons. The Morgan fingerprint density at radius 3 is 2.72 bits per heavy atom. The van der Waals surface area contributed by atoms with E-state index in [9.17, 15) is 13.2 Å². The number of nitrogens with one attached hydrogen (secondary N) is 1. The van der Waals surface area contributed by atoms with E-state index in [-0.39, 0.29) is 18.4 Å². The summed E-state index contributed by atoms with van der Waals surface area (Å²) in [7, 11) is -1.92. The lowest BCUT2D eigenvalue weighted by molar-refractivity contribution is -0.121. The van der Waals surface area contributed by atoms with Gasteiger partial charge in [-0.25, -0.2) is 8.42 Å². The Balaban J connectivity index is 2.38. The number of amides is 1. The zero-order valence-electron chi connectivity index (χ0n) is 10.7. The van der Waals surface area contributed by atoms with E-state index in [1.807, 2.05) is 23.8 Å². The first-order valence-electron chi connectivity index (χ1n) is 5.51. The maximum Gasteiger partial charge on any atom is 0.235 e. The summed E-state index contributed by atoms with van der Waals surface area (Å²) in [5, 5.41) is 6.77. The fourth-order valence-corrected chi connectivity index (χ4v) is 2.45. The van der Waals surface area contributed by atoms with E-state index in [1.54, 1.807) is 11.3 Å². The summed E-state index contributed by atoms with van der Waals surface area (Å²) >= 11 is 1.62. The Kier molecular flexibility index (Phi) is 5.30. The molecular formula is C11H18N2O3S2. The highest BCUT2D eigenvalue weighted by Crippen LogP contribution is 2.16. The van der Waals surface area contributed by atoms with Crippen molar-refractivity contribution in [2.75, 3.05) is 26.4 Å². The van der Waals surface area contributed by atoms with Crippen molar-refractivity contribution in [3.8, 4) is 0 Å². The van der Waals surface area contributed by atoms with Gasteiger partial charge in [0.05, 0.1) is 12.8 Å². The zero-order valence-corrected chi connectivity index (χ0v) is 12.3. The SMILES string of the molecule is CC(CNC(=O)CN(C)S(C)(=O)=O)c1ccsc1. The van der Waals surface area contributed by atoms with Crippen molar-refractivity contribution < 1.29 is 13.2 Å². The van der Waals surface area contributed by atoms with Crippen molar-refractivity contribution in [2.45, 2.75) is 12.8 Å². The normalized spacial score (nSPS) is 13.6. The lowest BCUT2D eigenvalue weighted by atomic mass is 10.1. The predicted octanol–water partition coefficient (Wildman–Crippen LogP) is 0.859. The van der Waals surface area contributed by atoms with Crippen molar-refractivity contribution in [2.24, 2.45) is 0 Å². The average Bonchev–Trinajstić information content (AvgIpc) is 2.77. The van der Waals surface area contributed by atoms with Crippen molar-refractivity contribution in [3.63, 3.8) is 0 Å². The van der Waals surface area contributed by atoms with Gasteiger partial charge in [-0.3, -0.25) is 4.79 Å². The lowest BCUT2D eigenvalue weighted by Gasteiger charge is -2.15. The van der Waals surface area contributed by atoms with Crippen LogP contribution in [0.5, 0.6) is 0 Å². The molecule has 1 N–H and O–H groups in total. The van der Waals surface area contributed by atoms with Crippen LogP contribution in [0.25, 0.3) is 0 Å². The summed E-state index contributed by atoms with van der Waals surface area (Å²) in [6.45, 7) is 2.38. The average molecular weight is 290 g/mol. The first-order chi connectivity index (χ1) is 8.30. The quantitative estimate of drug-likeness (QED) is 0.845. The molecule has 0 aliphatic heterocycles. The minimum atomic E-state index is -3.31. The smallest absolute Gasteiger partial charge is 0.235 e. The first kappa shape index (κ1) is 15.1. The van der Waals surface area contributed by atoms with Crippen LogP contribution in [0.15, 0.2) is 16.8 Å². The van der Waals surface area contributed by atoms with Crippen LogP contribution in [-0.2, 0) is 14.8 Å². The molecule has 5 nitrogen and oxygen atoms in total. The molecule has 7 heteroatoms. The van der Waals surface area contributed by atoms with Crippen molar-refractivity contribution >= 4 is 27.3 Å². The van der Waals surface area contributed by atoms with Gasteiger partial charge >= 0.3 is 0 Å². The molecule has 102 valence electrons. The van der Waals surface area contributed by atoms with Crippen LogP contribution in [-0.4, -0.2) is 45.0 Å². The van der Waals surface area contributed by atoms with Crippen LogP contribution in [0, 0.1) is 0 Å². The van der Waals surface area contributed by atoms with Gasteiger partial charge in [-0.05, 0) is 28.3 Å². The monoisotopic (exact) mass is 290 g/mol. The molecule has 0 fully saturated rings. The van der Waals surface area contributed by atoms with Gasteiger partial charge in [-0.15, -0.1) is 0 Å². The number of hydrogen-bond donors (Lipinski definition) is 1. The summed E-state index contributed by atoms with van der Waals surface area (Å²) in [6.07, 6.45) is 1.08. The minimum Gasteiger partial charge on any atom is -0.354 e. The number of nitrogens with zero attached hydrogens (tertiary/aromatic N) is 1. The summed E-state index contributed by atoms with van der Waals surface area (Å²) in [5.74, 6) is -0.0613. The Morgan fingerprint density at radius 1 is 1.56 bits per heavy atom. The summed E-state index contributed by atoms with van der Waals surface area (Å²) in [6, 6.07) is 2.02. The van der Waals surface area contributed by atoms with Crippen LogP contribution >= 0.6 is 11.3 Å². The molecule has 1 rings (SSSR count). The molecule has 1 aromatic heterocycles. The lowest BCUT2D eigenvalue weighted by Crippen LogP contribution is -2.39. The highest BCUT2D eigenvalue weighted by atomic mass is 32.2. The molecule has 0 aromatic carbocycles. The van der Waals surface area contributed by atoms with Gasteiger partial charge in [0.1, 0.15) is 0 Å². The standard InChI is InChI=1S/C11H18N2O3S2/c1-9(10-4-5-17-8-10)6-12-11(14)7-13(2)18(3,15)16/h4-5,8-9H,6-7H2,1-3H3,(H,12,14). The van der Waals surface area contributed by atoms with Crippen LogP contribution < -0.4 is 5.32 Å². The number of hydrogen-bond acceptors (Lipinski definition) is 4. The van der Waals surface area contributed by atoms with Crippen LogP contribution in [0.2, 0.25) is 0 Å². The van der Waals surface area contributed by atoms with Gasteiger partial charge in [0, 0.05) is 13.6 Å². The van der Waals surface area contributed by atoms with Crippen molar-refractivity contribution in [3.05, 3.63) is 22.4 Å². The number of carbonyl (C=O) groups excluding carboxylic acids is 1. The third-order valence-corrected chi connectivity index (χ3v) is 4.61. The minimum absolute atomic E-state index is 0.144. The summed E-state index contributed by atoms with van der Waals surface area (Å²) < 4.78 is 23.3. The molecule has 1 aromatic rings. The second-order valence-corrected chi connectivity index (χ2v) is 7.15. The molecule has 0 saturated heterocycles. The Labute approximate surface area is 112 Å². The Morgan fingerprint density at radius 2 is 2.22 bits per heavy atom. The van der Waals surface area contributed by atoms with Crippen LogP contribution in [0.3, 0.4) is 0 Å². The predicted molar refractivity (Wildman–Crippen MR) is 73.2 cm³/mol. The first-order valence-corrected chi connectivity index (χ1v) is 8.30.